The van der Waals surface area contributed by atoms with Gasteiger partial charge in [-0.2, -0.15) is 5.26 Å². The quantitative estimate of drug-likeness (QED) is 0.316. The minimum Gasteiger partial charge on any atom is -0.350 e. The third-order valence-corrected chi connectivity index (χ3v) is 7.39. The Balaban J connectivity index is 1.61. The van der Waals surface area contributed by atoms with Gasteiger partial charge in [-0.05, 0) is 53.8 Å². The number of anilines is 1. The van der Waals surface area contributed by atoms with Crippen LogP contribution in [0.3, 0.4) is 0 Å². The highest BCUT2D eigenvalue weighted by molar-refractivity contribution is 7.91. The summed E-state index contributed by atoms with van der Waals surface area (Å²) in [5.41, 5.74) is 3.22. The molecule has 0 aliphatic rings. The zero-order valence-electron chi connectivity index (χ0n) is 21.4. The molecule has 0 aliphatic heterocycles. The summed E-state index contributed by atoms with van der Waals surface area (Å²) in [7, 11) is -3.92. The topological polar surface area (TPSA) is 121 Å². The normalized spacial score (nSPS) is 11.0. The molecule has 0 aliphatic carbocycles. The smallest absolute Gasteiger partial charge is 0.275 e. The van der Waals surface area contributed by atoms with Crippen LogP contribution in [0, 0.1) is 18.3 Å². The van der Waals surface area contributed by atoms with Crippen LogP contribution in [0.25, 0.3) is 0 Å². The highest BCUT2D eigenvalue weighted by Gasteiger charge is 2.21. The Bertz CT molecular complexity index is 1660. The van der Waals surface area contributed by atoms with Crippen LogP contribution in [0.1, 0.15) is 33.5 Å². The van der Waals surface area contributed by atoms with Gasteiger partial charge in [-0.1, -0.05) is 72.8 Å². The van der Waals surface area contributed by atoms with E-state index in [-0.39, 0.29) is 24.5 Å². The molecular formula is C30H28N4O4S. The number of nitrogens with one attached hydrogen (secondary N) is 2. The van der Waals surface area contributed by atoms with Crippen molar-refractivity contribution in [2.75, 3.05) is 4.72 Å². The number of nitriles is 1. The maximum absolute atomic E-state index is 13.6. The SMILES string of the molecule is Cc1cc(Cc2ccccc2)c(NS(=O)(=O)Cc2ccccc2)c(=O)n1CC(=O)NCc1ccc(C#N)cc1. The first-order valence-electron chi connectivity index (χ1n) is 12.3. The summed E-state index contributed by atoms with van der Waals surface area (Å²) in [6.45, 7) is 1.66. The van der Waals surface area contributed by atoms with E-state index in [1.54, 1.807) is 67.6 Å². The number of amides is 1. The molecule has 0 saturated carbocycles. The van der Waals surface area contributed by atoms with Crippen LogP contribution in [0.5, 0.6) is 0 Å². The summed E-state index contributed by atoms with van der Waals surface area (Å²) in [6, 6.07) is 28.7. The van der Waals surface area contributed by atoms with E-state index in [1.165, 1.54) is 4.57 Å². The molecule has 1 aromatic heterocycles. The number of hydrogen-bond acceptors (Lipinski definition) is 5. The Hall–Kier alpha value is -4.68. The van der Waals surface area contributed by atoms with Gasteiger partial charge in [-0.3, -0.25) is 14.3 Å². The van der Waals surface area contributed by atoms with Gasteiger partial charge in [0.05, 0.1) is 17.4 Å². The molecule has 0 atom stereocenters. The Kier molecular flexibility index (Phi) is 8.59. The van der Waals surface area contributed by atoms with Crippen molar-refractivity contribution in [1.29, 1.82) is 5.26 Å². The van der Waals surface area contributed by atoms with Gasteiger partial charge in [-0.15, -0.1) is 0 Å². The molecule has 198 valence electrons. The number of carbonyl (C=O) groups is 1. The van der Waals surface area contributed by atoms with Crippen molar-refractivity contribution in [3.63, 3.8) is 0 Å². The largest absolute Gasteiger partial charge is 0.350 e. The van der Waals surface area contributed by atoms with E-state index in [2.05, 4.69) is 10.0 Å². The number of aromatic nitrogens is 1. The lowest BCUT2D eigenvalue weighted by atomic mass is 10.0. The van der Waals surface area contributed by atoms with Crippen molar-refractivity contribution in [3.05, 3.63) is 135 Å². The van der Waals surface area contributed by atoms with Crippen LogP contribution in [0.2, 0.25) is 0 Å². The van der Waals surface area contributed by atoms with E-state index < -0.39 is 21.5 Å². The lowest BCUT2D eigenvalue weighted by molar-refractivity contribution is -0.121. The number of rotatable bonds is 10. The minimum atomic E-state index is -3.92. The molecule has 0 fully saturated rings. The summed E-state index contributed by atoms with van der Waals surface area (Å²) in [4.78, 5) is 26.4. The van der Waals surface area contributed by atoms with Crippen LogP contribution in [0.4, 0.5) is 5.69 Å². The van der Waals surface area contributed by atoms with Crippen molar-refractivity contribution >= 4 is 21.6 Å². The second kappa shape index (κ2) is 12.2. The molecule has 0 unspecified atom stereocenters. The molecule has 1 amide bonds. The maximum atomic E-state index is 13.6. The number of aryl methyl sites for hydroxylation is 1. The molecule has 4 aromatic rings. The molecule has 9 heteroatoms. The first-order chi connectivity index (χ1) is 18.7. The van der Waals surface area contributed by atoms with Crippen LogP contribution in [-0.2, 0) is 40.1 Å². The molecule has 1 heterocycles. The number of pyridine rings is 1. The van der Waals surface area contributed by atoms with Gasteiger partial charge in [0.15, 0.2) is 0 Å². The van der Waals surface area contributed by atoms with E-state index in [9.17, 15) is 18.0 Å². The van der Waals surface area contributed by atoms with E-state index in [0.29, 0.717) is 28.8 Å². The van der Waals surface area contributed by atoms with E-state index in [4.69, 9.17) is 5.26 Å². The fourth-order valence-electron chi connectivity index (χ4n) is 4.18. The third-order valence-electron chi connectivity index (χ3n) is 6.16. The van der Waals surface area contributed by atoms with Gasteiger partial charge < -0.3 is 9.88 Å². The van der Waals surface area contributed by atoms with Crippen molar-refractivity contribution in [2.24, 2.45) is 0 Å². The third kappa shape index (κ3) is 7.43. The van der Waals surface area contributed by atoms with Gasteiger partial charge in [0.1, 0.15) is 12.2 Å². The zero-order valence-corrected chi connectivity index (χ0v) is 22.2. The van der Waals surface area contributed by atoms with Gasteiger partial charge in [-0.25, -0.2) is 8.42 Å². The second-order valence-corrected chi connectivity index (χ2v) is 10.9. The number of nitrogens with zero attached hydrogens (tertiary/aromatic N) is 2. The van der Waals surface area contributed by atoms with Crippen molar-refractivity contribution in [3.8, 4) is 6.07 Å². The molecule has 8 nitrogen and oxygen atoms in total. The molecular weight excluding hydrogens is 512 g/mol. The molecule has 39 heavy (non-hydrogen) atoms. The fourth-order valence-corrected chi connectivity index (χ4v) is 5.41. The summed E-state index contributed by atoms with van der Waals surface area (Å²) >= 11 is 0. The second-order valence-electron chi connectivity index (χ2n) is 9.17. The van der Waals surface area contributed by atoms with Gasteiger partial charge >= 0.3 is 0 Å². The first-order valence-corrected chi connectivity index (χ1v) is 14.0. The van der Waals surface area contributed by atoms with Crippen molar-refractivity contribution in [2.45, 2.75) is 32.2 Å². The van der Waals surface area contributed by atoms with Gasteiger partial charge in [0.2, 0.25) is 15.9 Å². The lowest BCUT2D eigenvalue weighted by Gasteiger charge is -2.18. The maximum Gasteiger partial charge on any atom is 0.275 e. The monoisotopic (exact) mass is 540 g/mol. The number of benzene rings is 3. The summed E-state index contributed by atoms with van der Waals surface area (Å²) in [5, 5.41) is 11.7. The average molecular weight is 541 g/mol. The zero-order chi connectivity index (χ0) is 27.8. The number of sulfonamides is 1. The predicted molar refractivity (Wildman–Crippen MR) is 150 cm³/mol. The number of hydrogen-bond donors (Lipinski definition) is 2. The first kappa shape index (κ1) is 27.4. The van der Waals surface area contributed by atoms with Crippen LogP contribution in [0.15, 0.2) is 95.8 Å². The summed E-state index contributed by atoms with van der Waals surface area (Å²) < 4.78 is 30.0. The predicted octanol–water partition coefficient (Wildman–Crippen LogP) is 3.88. The van der Waals surface area contributed by atoms with Crippen molar-refractivity contribution < 1.29 is 13.2 Å². The lowest BCUT2D eigenvalue weighted by Crippen LogP contribution is -2.35. The molecule has 3 aromatic carbocycles. The highest BCUT2D eigenvalue weighted by atomic mass is 32.2. The Morgan fingerprint density at radius 3 is 2.13 bits per heavy atom. The standard InChI is InChI=1S/C30H28N4O4S/c1-22-16-27(17-23-8-4-2-5-9-23)29(33-39(37,38)21-26-10-6-3-7-11-26)30(36)34(22)20-28(35)32-19-25-14-12-24(18-31)13-15-25/h2-16,33H,17,19-21H2,1H3,(H,32,35). The summed E-state index contributed by atoms with van der Waals surface area (Å²) in [6.07, 6.45) is 0.339. The van der Waals surface area contributed by atoms with Crippen molar-refractivity contribution in [1.82, 2.24) is 9.88 Å². The number of carbonyl (C=O) groups excluding carboxylic acids is 1. The highest BCUT2D eigenvalue weighted by Crippen LogP contribution is 2.20. The Morgan fingerprint density at radius 2 is 1.51 bits per heavy atom. The minimum absolute atomic E-state index is 0.0692. The van der Waals surface area contributed by atoms with Crippen LogP contribution >= 0.6 is 0 Å². The Labute approximate surface area is 227 Å². The molecule has 0 saturated heterocycles. The molecule has 0 spiro atoms. The molecule has 4 rings (SSSR count). The molecule has 0 radical (unpaired) electrons. The van der Waals surface area contributed by atoms with Gasteiger partial charge in [0.25, 0.3) is 5.56 Å². The van der Waals surface area contributed by atoms with Crippen LogP contribution in [-0.4, -0.2) is 18.9 Å². The summed E-state index contributed by atoms with van der Waals surface area (Å²) in [5.74, 6) is -0.699. The van der Waals surface area contributed by atoms with E-state index in [1.807, 2.05) is 36.4 Å². The average Bonchev–Trinajstić information content (AvgIpc) is 2.93. The van der Waals surface area contributed by atoms with E-state index >= 15 is 0 Å². The van der Waals surface area contributed by atoms with E-state index in [0.717, 1.165) is 11.1 Å². The molecule has 0 bridgehead atoms. The Morgan fingerprint density at radius 1 is 0.897 bits per heavy atom. The fraction of sp³-hybridized carbons (Fsp3) is 0.167. The van der Waals surface area contributed by atoms with Crippen LogP contribution < -0.4 is 15.6 Å². The van der Waals surface area contributed by atoms with Gasteiger partial charge in [0, 0.05) is 12.2 Å². The molecule has 2 N–H and O–H groups in total.